The van der Waals surface area contributed by atoms with E-state index < -0.39 is 17.8 Å². The van der Waals surface area contributed by atoms with E-state index in [4.69, 9.17) is 9.47 Å². The molecule has 0 unspecified atom stereocenters. The maximum atomic E-state index is 13.4. The van der Waals surface area contributed by atoms with Crippen LogP contribution in [-0.2, 0) is 14.3 Å². The summed E-state index contributed by atoms with van der Waals surface area (Å²) in [7, 11) is 0. The van der Waals surface area contributed by atoms with E-state index >= 15 is 0 Å². The fraction of sp³-hybridized carbons (Fsp3) is 0.545. The molecule has 5 heteroatoms. The number of hydrogen-bond donors (Lipinski definition) is 0. The van der Waals surface area contributed by atoms with Gasteiger partial charge in [-0.2, -0.15) is 0 Å². The van der Waals surface area contributed by atoms with Crippen LogP contribution in [0.3, 0.4) is 0 Å². The van der Waals surface area contributed by atoms with Gasteiger partial charge in [0.15, 0.2) is 11.6 Å². The summed E-state index contributed by atoms with van der Waals surface area (Å²) < 4.78 is 23.3. The van der Waals surface area contributed by atoms with Crippen molar-refractivity contribution in [2.45, 2.75) is 71.1 Å². The Morgan fingerprint density at radius 1 is 0.926 bits per heavy atom. The average molecular weight is 378 g/mol. The molecule has 1 aromatic carbocycles. The fourth-order valence-electron chi connectivity index (χ4n) is 2.52. The van der Waals surface area contributed by atoms with E-state index in [0.29, 0.717) is 0 Å². The Kier molecular flexibility index (Phi) is 12.7. The van der Waals surface area contributed by atoms with Crippen LogP contribution in [0.2, 0.25) is 0 Å². The van der Waals surface area contributed by atoms with Gasteiger partial charge >= 0.3 is 11.9 Å². The van der Waals surface area contributed by atoms with Crippen molar-refractivity contribution in [1.82, 2.24) is 0 Å². The van der Waals surface area contributed by atoms with Crippen LogP contribution in [0.15, 0.2) is 36.4 Å². The fourth-order valence-corrected chi connectivity index (χ4v) is 2.52. The van der Waals surface area contributed by atoms with Gasteiger partial charge in [0.05, 0.1) is 12.8 Å². The lowest BCUT2D eigenvalue weighted by Crippen LogP contribution is -2.13. The first kappa shape index (κ1) is 22.9. The zero-order chi connectivity index (χ0) is 19.7. The molecule has 0 amide bonds. The van der Waals surface area contributed by atoms with Crippen LogP contribution in [0, 0.1) is 5.82 Å². The van der Waals surface area contributed by atoms with Crippen LogP contribution in [-0.4, -0.2) is 18.5 Å². The highest BCUT2D eigenvalue weighted by molar-refractivity contribution is 5.79. The number of unbranched alkanes of at least 4 members (excludes halogenated alkanes) is 7. The molecule has 1 rings (SSSR count). The molecule has 0 aliphatic heterocycles. The predicted molar refractivity (Wildman–Crippen MR) is 104 cm³/mol. The van der Waals surface area contributed by atoms with Crippen molar-refractivity contribution in [2.75, 3.05) is 6.61 Å². The van der Waals surface area contributed by atoms with Gasteiger partial charge in [-0.15, -0.1) is 0 Å². The van der Waals surface area contributed by atoms with Crippen LogP contribution >= 0.6 is 0 Å². The normalized spacial score (nSPS) is 10.9. The lowest BCUT2D eigenvalue weighted by molar-refractivity contribution is -0.146. The van der Waals surface area contributed by atoms with Gasteiger partial charge in [0.2, 0.25) is 0 Å². The molecule has 0 N–H and O–H groups in total. The van der Waals surface area contributed by atoms with Crippen molar-refractivity contribution >= 4 is 11.9 Å². The summed E-state index contributed by atoms with van der Waals surface area (Å²) in [5.74, 6) is -1.88. The van der Waals surface area contributed by atoms with Gasteiger partial charge in [-0.3, -0.25) is 9.59 Å². The number of esters is 2. The van der Waals surface area contributed by atoms with Crippen molar-refractivity contribution in [1.29, 1.82) is 0 Å². The van der Waals surface area contributed by atoms with Gasteiger partial charge in [0, 0.05) is 0 Å². The summed E-state index contributed by atoms with van der Waals surface area (Å²) in [5.41, 5.74) is 0. The molecule has 0 bridgehead atoms. The Labute approximate surface area is 161 Å². The highest BCUT2D eigenvalue weighted by Crippen LogP contribution is 2.16. The average Bonchev–Trinajstić information content (AvgIpc) is 2.66. The molecule has 0 saturated carbocycles. The molecule has 0 aliphatic rings. The Hall–Kier alpha value is -2.17. The molecule has 0 atom stereocenters. The highest BCUT2D eigenvalue weighted by atomic mass is 19.1. The van der Waals surface area contributed by atoms with Crippen molar-refractivity contribution in [3.63, 3.8) is 0 Å². The molecule has 0 aliphatic carbocycles. The first-order valence-electron chi connectivity index (χ1n) is 9.89. The third-order valence-electron chi connectivity index (χ3n) is 4.08. The Bertz CT molecular complexity index is 583. The molecule has 0 fully saturated rings. The van der Waals surface area contributed by atoms with E-state index in [1.807, 2.05) is 12.2 Å². The molecule has 4 nitrogen and oxygen atoms in total. The minimum atomic E-state index is -0.661. The maximum Gasteiger partial charge on any atom is 0.311 e. The van der Waals surface area contributed by atoms with Crippen molar-refractivity contribution < 1.29 is 23.5 Å². The molecule has 1 aromatic rings. The first-order chi connectivity index (χ1) is 13.1. The number of carbonyl (C=O) groups excluding carboxylic acids is 2. The third kappa shape index (κ3) is 11.9. The van der Waals surface area contributed by atoms with Gasteiger partial charge in [0.1, 0.15) is 6.61 Å². The molecular formula is C22H31FO4. The summed E-state index contributed by atoms with van der Waals surface area (Å²) in [6, 6.07) is 5.64. The molecule has 0 heterocycles. The second-order valence-electron chi connectivity index (χ2n) is 6.47. The van der Waals surface area contributed by atoms with E-state index in [2.05, 4.69) is 6.92 Å². The van der Waals surface area contributed by atoms with Crippen molar-refractivity contribution in [2.24, 2.45) is 0 Å². The molecular weight excluding hydrogens is 347 g/mol. The summed E-state index contributed by atoms with van der Waals surface area (Å²) in [4.78, 5) is 23.2. The van der Waals surface area contributed by atoms with E-state index in [9.17, 15) is 14.0 Å². The van der Waals surface area contributed by atoms with Gasteiger partial charge in [-0.25, -0.2) is 4.39 Å². The van der Waals surface area contributed by atoms with Crippen LogP contribution in [0.1, 0.15) is 71.1 Å². The first-order valence-corrected chi connectivity index (χ1v) is 9.89. The lowest BCUT2D eigenvalue weighted by atomic mass is 10.1. The van der Waals surface area contributed by atoms with E-state index in [-0.39, 0.29) is 25.2 Å². The number of hydrogen-bond acceptors (Lipinski definition) is 4. The molecule has 0 saturated heterocycles. The maximum absolute atomic E-state index is 13.4. The Morgan fingerprint density at radius 3 is 2.33 bits per heavy atom. The predicted octanol–water partition coefficient (Wildman–Crippen LogP) is 5.75. The highest BCUT2D eigenvalue weighted by Gasteiger charge is 2.11. The number of para-hydroxylation sites is 1. The molecule has 0 spiro atoms. The number of ether oxygens (including phenoxy) is 2. The van der Waals surface area contributed by atoms with Gasteiger partial charge in [0.25, 0.3) is 0 Å². The van der Waals surface area contributed by atoms with Gasteiger partial charge in [-0.1, -0.05) is 69.7 Å². The minimum Gasteiger partial charge on any atom is -0.461 e. The zero-order valence-corrected chi connectivity index (χ0v) is 16.3. The second-order valence-corrected chi connectivity index (χ2v) is 6.47. The summed E-state index contributed by atoms with van der Waals surface area (Å²) in [6.45, 7) is 2.42. The SMILES string of the molecule is CCCCCCCCC/C=C/COC(=O)CCC(=O)Oc1ccccc1F. The number of allylic oxidation sites excluding steroid dienone is 1. The number of halogens is 1. The number of rotatable bonds is 14. The van der Waals surface area contributed by atoms with Crippen molar-refractivity contribution in [3.8, 4) is 5.75 Å². The topological polar surface area (TPSA) is 52.6 Å². The smallest absolute Gasteiger partial charge is 0.311 e. The monoisotopic (exact) mass is 378 g/mol. The largest absolute Gasteiger partial charge is 0.461 e. The van der Waals surface area contributed by atoms with E-state index in [0.717, 1.165) is 12.8 Å². The van der Waals surface area contributed by atoms with E-state index in [1.54, 1.807) is 6.07 Å². The Balaban J connectivity index is 2.02. The van der Waals surface area contributed by atoms with Crippen LogP contribution in [0.4, 0.5) is 4.39 Å². The zero-order valence-electron chi connectivity index (χ0n) is 16.3. The van der Waals surface area contributed by atoms with E-state index in [1.165, 1.54) is 56.7 Å². The second kappa shape index (κ2) is 14.9. The molecule has 27 heavy (non-hydrogen) atoms. The molecule has 0 radical (unpaired) electrons. The molecule has 150 valence electrons. The summed E-state index contributed by atoms with van der Waals surface area (Å²) in [5, 5.41) is 0. The lowest BCUT2D eigenvalue weighted by Gasteiger charge is -2.05. The van der Waals surface area contributed by atoms with Crippen molar-refractivity contribution in [3.05, 3.63) is 42.2 Å². The van der Waals surface area contributed by atoms with Gasteiger partial charge in [-0.05, 0) is 25.0 Å². The minimum absolute atomic E-state index is 0.0844. The quantitative estimate of drug-likeness (QED) is 0.179. The number of benzene rings is 1. The molecule has 0 aromatic heterocycles. The van der Waals surface area contributed by atoms with Crippen LogP contribution in [0.5, 0.6) is 5.75 Å². The summed E-state index contributed by atoms with van der Waals surface area (Å²) in [6.07, 6.45) is 13.5. The third-order valence-corrected chi connectivity index (χ3v) is 4.08. The summed E-state index contributed by atoms with van der Waals surface area (Å²) >= 11 is 0. The Morgan fingerprint density at radius 2 is 1.59 bits per heavy atom. The standard InChI is InChI=1S/C22H31FO4/c1-2-3-4-5-6-7-8-9-10-13-18-26-21(24)16-17-22(25)27-20-15-12-11-14-19(20)23/h10-15H,2-9,16-18H2,1H3/b13-10+. The van der Waals surface area contributed by atoms with Gasteiger partial charge < -0.3 is 9.47 Å². The van der Waals surface area contributed by atoms with Crippen LogP contribution < -0.4 is 4.74 Å². The van der Waals surface area contributed by atoms with Crippen LogP contribution in [0.25, 0.3) is 0 Å². The number of carbonyl (C=O) groups is 2.